The average molecular weight is 382 g/mol. The third-order valence-electron chi connectivity index (χ3n) is 3.70. The zero-order valence-corrected chi connectivity index (χ0v) is 14.6. The van der Waals surface area contributed by atoms with Gasteiger partial charge in [-0.1, -0.05) is 15.9 Å². The van der Waals surface area contributed by atoms with Crippen molar-refractivity contribution in [2.45, 2.75) is 26.2 Å². The Labute approximate surface area is 143 Å². The van der Waals surface area contributed by atoms with Crippen molar-refractivity contribution >= 4 is 39.3 Å². The Balaban J connectivity index is 1.72. The Morgan fingerprint density at radius 3 is 2.74 bits per heavy atom. The molecule has 1 heterocycles. The van der Waals surface area contributed by atoms with Crippen LogP contribution in [0.1, 0.15) is 24.8 Å². The maximum Gasteiger partial charge on any atom is 0.313 e. The molecule has 0 radical (unpaired) electrons. The van der Waals surface area contributed by atoms with E-state index in [4.69, 9.17) is 0 Å². The SMILES string of the molecule is Cc1cc(Br)ccc1NC(=O)C(=O)NCCCN1CCCC1=O. The number of nitrogens with one attached hydrogen (secondary N) is 2. The summed E-state index contributed by atoms with van der Waals surface area (Å²) in [4.78, 5) is 36.9. The molecule has 2 N–H and O–H groups in total. The van der Waals surface area contributed by atoms with Gasteiger partial charge in [-0.05, 0) is 43.5 Å². The van der Waals surface area contributed by atoms with Gasteiger partial charge in [0.25, 0.3) is 0 Å². The fourth-order valence-electron chi connectivity index (χ4n) is 2.44. The van der Waals surface area contributed by atoms with Crippen LogP contribution in [0.2, 0.25) is 0 Å². The van der Waals surface area contributed by atoms with Crippen molar-refractivity contribution in [1.82, 2.24) is 10.2 Å². The van der Waals surface area contributed by atoms with E-state index < -0.39 is 11.8 Å². The van der Waals surface area contributed by atoms with Gasteiger partial charge < -0.3 is 15.5 Å². The summed E-state index contributed by atoms with van der Waals surface area (Å²) in [5.74, 6) is -1.19. The minimum Gasteiger partial charge on any atom is -0.348 e. The van der Waals surface area contributed by atoms with Gasteiger partial charge >= 0.3 is 11.8 Å². The molecule has 0 unspecified atom stereocenters. The van der Waals surface area contributed by atoms with Crippen molar-refractivity contribution in [2.75, 3.05) is 25.0 Å². The van der Waals surface area contributed by atoms with Crippen molar-refractivity contribution < 1.29 is 14.4 Å². The molecule has 0 spiro atoms. The zero-order chi connectivity index (χ0) is 16.8. The Kier molecular flexibility index (Phi) is 6.15. The molecule has 1 aliphatic heterocycles. The highest BCUT2D eigenvalue weighted by molar-refractivity contribution is 9.10. The van der Waals surface area contributed by atoms with Crippen LogP contribution >= 0.6 is 15.9 Å². The largest absolute Gasteiger partial charge is 0.348 e. The summed E-state index contributed by atoms with van der Waals surface area (Å²) < 4.78 is 0.911. The number of halogens is 1. The molecular formula is C16H20BrN3O3. The van der Waals surface area contributed by atoms with E-state index in [0.717, 1.165) is 23.0 Å². The summed E-state index contributed by atoms with van der Waals surface area (Å²) in [6.45, 7) is 3.63. The first kappa shape index (κ1) is 17.5. The molecule has 0 atom stereocenters. The first-order chi connectivity index (χ1) is 11.0. The maximum atomic E-state index is 11.9. The molecule has 1 saturated heterocycles. The molecule has 0 aliphatic carbocycles. The smallest absolute Gasteiger partial charge is 0.313 e. The van der Waals surface area contributed by atoms with Crippen LogP contribution in [-0.2, 0) is 14.4 Å². The number of benzene rings is 1. The summed E-state index contributed by atoms with van der Waals surface area (Å²) in [5.41, 5.74) is 1.48. The number of carbonyl (C=O) groups excluding carboxylic acids is 3. The molecule has 0 aromatic heterocycles. The molecule has 1 aliphatic rings. The molecule has 3 amide bonds. The lowest BCUT2D eigenvalue weighted by atomic mass is 10.2. The number of hydrogen-bond acceptors (Lipinski definition) is 3. The Morgan fingerprint density at radius 2 is 2.09 bits per heavy atom. The summed E-state index contributed by atoms with van der Waals surface area (Å²) in [5, 5.41) is 5.16. The molecular weight excluding hydrogens is 362 g/mol. The van der Waals surface area contributed by atoms with Crippen LogP contribution in [0.3, 0.4) is 0 Å². The van der Waals surface area contributed by atoms with E-state index in [1.54, 1.807) is 17.0 Å². The van der Waals surface area contributed by atoms with Gasteiger partial charge in [-0.15, -0.1) is 0 Å². The van der Waals surface area contributed by atoms with E-state index in [1.807, 2.05) is 13.0 Å². The third kappa shape index (κ3) is 5.06. The minimum atomic E-state index is -0.687. The number of carbonyl (C=O) groups is 3. The number of likely N-dealkylation sites (tertiary alicyclic amines) is 1. The molecule has 6 nitrogen and oxygen atoms in total. The summed E-state index contributed by atoms with van der Waals surface area (Å²) in [7, 11) is 0. The van der Waals surface area contributed by atoms with Crippen LogP contribution in [-0.4, -0.2) is 42.3 Å². The second-order valence-electron chi connectivity index (χ2n) is 5.51. The third-order valence-corrected chi connectivity index (χ3v) is 4.20. The highest BCUT2D eigenvalue weighted by Crippen LogP contribution is 2.19. The number of amides is 3. The van der Waals surface area contributed by atoms with E-state index in [1.165, 1.54) is 0 Å². The monoisotopic (exact) mass is 381 g/mol. The molecule has 23 heavy (non-hydrogen) atoms. The molecule has 0 saturated carbocycles. The lowest BCUT2D eigenvalue weighted by molar-refractivity contribution is -0.136. The molecule has 2 rings (SSSR count). The Bertz CT molecular complexity index is 619. The van der Waals surface area contributed by atoms with E-state index in [2.05, 4.69) is 26.6 Å². The quantitative estimate of drug-likeness (QED) is 0.603. The number of anilines is 1. The summed E-state index contributed by atoms with van der Waals surface area (Å²) in [6, 6.07) is 5.40. The van der Waals surface area contributed by atoms with Crippen molar-refractivity contribution in [3.8, 4) is 0 Å². The van der Waals surface area contributed by atoms with Gasteiger partial charge in [0.15, 0.2) is 0 Å². The Hall–Kier alpha value is -1.89. The van der Waals surface area contributed by atoms with Gasteiger partial charge in [-0.25, -0.2) is 0 Å². The Morgan fingerprint density at radius 1 is 1.30 bits per heavy atom. The number of rotatable bonds is 5. The van der Waals surface area contributed by atoms with Crippen LogP contribution in [0.5, 0.6) is 0 Å². The topological polar surface area (TPSA) is 78.5 Å². The van der Waals surface area contributed by atoms with Crippen molar-refractivity contribution in [3.63, 3.8) is 0 Å². The summed E-state index contributed by atoms with van der Waals surface area (Å²) in [6.07, 6.45) is 2.16. The summed E-state index contributed by atoms with van der Waals surface area (Å²) >= 11 is 3.35. The number of nitrogens with zero attached hydrogens (tertiary/aromatic N) is 1. The maximum absolute atomic E-state index is 11.9. The van der Waals surface area contributed by atoms with Gasteiger partial charge in [0.1, 0.15) is 0 Å². The van der Waals surface area contributed by atoms with Crippen LogP contribution in [0.4, 0.5) is 5.69 Å². The van der Waals surface area contributed by atoms with Crippen molar-refractivity contribution in [3.05, 3.63) is 28.2 Å². The number of aryl methyl sites for hydroxylation is 1. The lowest BCUT2D eigenvalue weighted by Crippen LogP contribution is -2.37. The van der Waals surface area contributed by atoms with Gasteiger partial charge in [0.2, 0.25) is 5.91 Å². The average Bonchev–Trinajstić information content (AvgIpc) is 2.91. The first-order valence-corrected chi connectivity index (χ1v) is 8.40. The van der Waals surface area contributed by atoms with Crippen LogP contribution in [0.15, 0.2) is 22.7 Å². The van der Waals surface area contributed by atoms with Gasteiger partial charge in [0, 0.05) is 36.2 Å². The van der Waals surface area contributed by atoms with Crippen molar-refractivity contribution in [1.29, 1.82) is 0 Å². The fourth-order valence-corrected chi connectivity index (χ4v) is 2.91. The second-order valence-corrected chi connectivity index (χ2v) is 6.42. The van der Waals surface area contributed by atoms with Crippen LogP contribution in [0, 0.1) is 6.92 Å². The minimum absolute atomic E-state index is 0.166. The molecule has 0 bridgehead atoms. The molecule has 7 heteroatoms. The second kappa shape index (κ2) is 8.10. The predicted octanol–water partition coefficient (Wildman–Crippen LogP) is 1.82. The normalized spacial score (nSPS) is 14.0. The molecule has 1 fully saturated rings. The van der Waals surface area contributed by atoms with Gasteiger partial charge in [-0.3, -0.25) is 14.4 Å². The van der Waals surface area contributed by atoms with Gasteiger partial charge in [0.05, 0.1) is 0 Å². The highest BCUT2D eigenvalue weighted by Gasteiger charge is 2.19. The molecule has 1 aromatic rings. The number of hydrogen-bond donors (Lipinski definition) is 2. The highest BCUT2D eigenvalue weighted by atomic mass is 79.9. The molecule has 1 aromatic carbocycles. The van der Waals surface area contributed by atoms with E-state index in [9.17, 15) is 14.4 Å². The van der Waals surface area contributed by atoms with Gasteiger partial charge in [-0.2, -0.15) is 0 Å². The van der Waals surface area contributed by atoms with E-state index in [0.29, 0.717) is 31.6 Å². The van der Waals surface area contributed by atoms with Crippen LogP contribution < -0.4 is 10.6 Å². The fraction of sp³-hybridized carbons (Fsp3) is 0.438. The standard InChI is InChI=1S/C16H20BrN3O3/c1-11-10-12(17)5-6-13(11)19-16(23)15(22)18-7-3-9-20-8-2-4-14(20)21/h5-6,10H,2-4,7-9H2,1H3,(H,18,22)(H,19,23). The lowest BCUT2D eigenvalue weighted by Gasteiger charge is -2.15. The molecule has 124 valence electrons. The predicted molar refractivity (Wildman–Crippen MR) is 90.9 cm³/mol. The van der Waals surface area contributed by atoms with E-state index >= 15 is 0 Å². The van der Waals surface area contributed by atoms with E-state index in [-0.39, 0.29) is 5.91 Å². The van der Waals surface area contributed by atoms with Crippen LogP contribution in [0.25, 0.3) is 0 Å². The van der Waals surface area contributed by atoms with Crippen molar-refractivity contribution in [2.24, 2.45) is 0 Å². The first-order valence-electron chi connectivity index (χ1n) is 7.60. The zero-order valence-electron chi connectivity index (χ0n) is 13.0.